The zero-order chi connectivity index (χ0) is 23.1. The van der Waals surface area contributed by atoms with Crippen molar-refractivity contribution < 1.29 is 24.0 Å². The van der Waals surface area contributed by atoms with Crippen LogP contribution in [0.15, 0.2) is 48.5 Å². The van der Waals surface area contributed by atoms with E-state index in [4.69, 9.17) is 20.7 Å². The molecule has 0 unspecified atom stereocenters. The number of nitrogen functional groups attached to an aromatic ring is 1. The van der Waals surface area contributed by atoms with Crippen molar-refractivity contribution in [2.24, 2.45) is 5.73 Å². The van der Waals surface area contributed by atoms with Crippen LogP contribution >= 0.6 is 0 Å². The second-order valence-electron chi connectivity index (χ2n) is 7.02. The standard InChI is InChI=1S/C22H25N5O5/c1-2-31-21(29)17-4-3-5-18(14-17)25-22(30)32-27-12-10-26(11-13-27)20(28)16-8-6-15(7-9-16)19(23)24/h3-9,14H,2,10-13H2,1H3,(H3,23,24)(H,25,30). The van der Waals surface area contributed by atoms with Gasteiger partial charge in [0.1, 0.15) is 5.84 Å². The highest BCUT2D eigenvalue weighted by Crippen LogP contribution is 2.14. The zero-order valence-corrected chi connectivity index (χ0v) is 17.7. The first-order valence-electron chi connectivity index (χ1n) is 10.1. The van der Waals surface area contributed by atoms with Crippen LogP contribution in [-0.4, -0.2) is 66.6 Å². The average molecular weight is 439 g/mol. The average Bonchev–Trinajstić information content (AvgIpc) is 2.79. The van der Waals surface area contributed by atoms with Crippen LogP contribution in [0.5, 0.6) is 0 Å². The van der Waals surface area contributed by atoms with Gasteiger partial charge in [0, 0.05) is 29.9 Å². The number of piperazine rings is 1. The summed E-state index contributed by atoms with van der Waals surface area (Å²) in [6, 6.07) is 12.9. The van der Waals surface area contributed by atoms with Gasteiger partial charge in [0.05, 0.1) is 25.3 Å². The fourth-order valence-corrected chi connectivity index (χ4v) is 3.15. The summed E-state index contributed by atoms with van der Waals surface area (Å²) in [5.74, 6) is -0.665. The first-order chi connectivity index (χ1) is 15.4. The molecule has 1 heterocycles. The zero-order valence-electron chi connectivity index (χ0n) is 17.7. The van der Waals surface area contributed by atoms with Gasteiger partial charge in [-0.15, -0.1) is 5.06 Å². The number of hydrogen-bond acceptors (Lipinski definition) is 7. The Morgan fingerprint density at radius 3 is 2.28 bits per heavy atom. The van der Waals surface area contributed by atoms with Crippen molar-refractivity contribution in [1.82, 2.24) is 9.96 Å². The largest absolute Gasteiger partial charge is 0.462 e. The molecule has 2 aromatic rings. The van der Waals surface area contributed by atoms with E-state index in [2.05, 4.69) is 5.32 Å². The lowest BCUT2D eigenvalue weighted by Crippen LogP contribution is -2.49. The van der Waals surface area contributed by atoms with Crippen LogP contribution in [0, 0.1) is 5.41 Å². The molecule has 1 aliphatic rings. The molecule has 3 rings (SSSR count). The highest BCUT2D eigenvalue weighted by molar-refractivity contribution is 5.98. The molecule has 2 aromatic carbocycles. The number of ether oxygens (including phenoxy) is 1. The van der Waals surface area contributed by atoms with Gasteiger partial charge in [0.15, 0.2) is 0 Å². The number of nitrogens with one attached hydrogen (secondary N) is 2. The maximum Gasteiger partial charge on any atom is 0.430 e. The number of amides is 2. The first-order valence-corrected chi connectivity index (χ1v) is 10.1. The molecule has 1 fully saturated rings. The Morgan fingerprint density at radius 1 is 1.00 bits per heavy atom. The van der Waals surface area contributed by atoms with Gasteiger partial charge in [-0.3, -0.25) is 15.5 Å². The Bertz CT molecular complexity index is 1000. The molecule has 0 atom stereocenters. The lowest BCUT2D eigenvalue weighted by Gasteiger charge is -2.33. The maximum absolute atomic E-state index is 12.6. The van der Waals surface area contributed by atoms with Crippen molar-refractivity contribution >= 4 is 29.5 Å². The number of hydrogen-bond donors (Lipinski definition) is 3. The van der Waals surface area contributed by atoms with Crippen molar-refractivity contribution in [3.63, 3.8) is 0 Å². The number of carbonyl (C=O) groups is 3. The second kappa shape index (κ2) is 10.4. The van der Waals surface area contributed by atoms with Gasteiger partial charge >= 0.3 is 12.1 Å². The van der Waals surface area contributed by atoms with Crippen LogP contribution in [0.4, 0.5) is 10.5 Å². The van der Waals surface area contributed by atoms with Crippen molar-refractivity contribution in [3.8, 4) is 0 Å². The van der Waals surface area contributed by atoms with Crippen LogP contribution in [-0.2, 0) is 9.57 Å². The van der Waals surface area contributed by atoms with Crippen LogP contribution in [0.2, 0.25) is 0 Å². The van der Waals surface area contributed by atoms with E-state index < -0.39 is 12.1 Å². The fraction of sp³-hybridized carbons (Fsp3) is 0.273. The molecule has 0 aliphatic carbocycles. The molecule has 1 saturated heterocycles. The van der Waals surface area contributed by atoms with Gasteiger partial charge in [-0.25, -0.2) is 9.59 Å². The molecule has 0 radical (unpaired) electrons. The van der Waals surface area contributed by atoms with Crippen molar-refractivity contribution in [1.29, 1.82) is 5.41 Å². The minimum Gasteiger partial charge on any atom is -0.462 e. The lowest BCUT2D eigenvalue weighted by atomic mass is 10.1. The van der Waals surface area contributed by atoms with Crippen LogP contribution in [0.3, 0.4) is 0 Å². The highest BCUT2D eigenvalue weighted by Gasteiger charge is 2.24. The molecule has 4 N–H and O–H groups in total. The number of esters is 1. The quantitative estimate of drug-likeness (QED) is 0.356. The highest BCUT2D eigenvalue weighted by atomic mass is 16.7. The SMILES string of the molecule is CCOC(=O)c1cccc(NC(=O)ON2CCN(C(=O)c3ccc(C(=N)N)cc3)CC2)c1. The summed E-state index contributed by atoms with van der Waals surface area (Å²) in [4.78, 5) is 43.7. The van der Waals surface area contributed by atoms with Crippen molar-refractivity contribution in [2.75, 3.05) is 38.1 Å². The predicted octanol–water partition coefficient (Wildman–Crippen LogP) is 2.07. The fourth-order valence-electron chi connectivity index (χ4n) is 3.15. The molecule has 1 aliphatic heterocycles. The molecule has 0 saturated carbocycles. The molecule has 0 spiro atoms. The third-order valence-electron chi connectivity index (χ3n) is 4.80. The third kappa shape index (κ3) is 5.82. The number of nitrogens with two attached hydrogens (primary N) is 1. The Labute approximate surface area is 185 Å². The number of rotatable bonds is 6. The molecule has 0 bridgehead atoms. The molecule has 32 heavy (non-hydrogen) atoms. The Hall–Kier alpha value is -3.92. The monoisotopic (exact) mass is 439 g/mol. The minimum absolute atomic E-state index is 0.0549. The number of hydroxylamine groups is 2. The molecule has 0 aromatic heterocycles. The number of nitrogens with zero attached hydrogens (tertiary/aromatic N) is 2. The number of benzene rings is 2. The van der Waals surface area contributed by atoms with Gasteiger partial charge in [-0.1, -0.05) is 18.2 Å². The van der Waals surface area contributed by atoms with Gasteiger partial charge in [-0.05, 0) is 37.3 Å². The van der Waals surface area contributed by atoms with Gasteiger partial charge in [-0.2, -0.15) is 0 Å². The third-order valence-corrected chi connectivity index (χ3v) is 4.80. The van der Waals surface area contributed by atoms with E-state index in [0.717, 1.165) is 0 Å². The van der Waals surface area contributed by atoms with E-state index >= 15 is 0 Å². The second-order valence-corrected chi connectivity index (χ2v) is 7.02. The molecule has 10 heteroatoms. The van der Waals surface area contributed by atoms with E-state index in [1.54, 1.807) is 54.3 Å². The summed E-state index contributed by atoms with van der Waals surface area (Å²) in [6.07, 6.45) is -0.689. The van der Waals surface area contributed by atoms with Gasteiger partial charge < -0.3 is 20.2 Å². The molecular formula is C22H25N5O5. The molecule has 2 amide bonds. The van der Waals surface area contributed by atoms with Gasteiger partial charge in [0.25, 0.3) is 5.91 Å². The van der Waals surface area contributed by atoms with Crippen molar-refractivity contribution in [2.45, 2.75) is 6.92 Å². The maximum atomic E-state index is 12.6. The Morgan fingerprint density at radius 2 is 1.66 bits per heavy atom. The predicted molar refractivity (Wildman–Crippen MR) is 117 cm³/mol. The number of anilines is 1. The first kappa shape index (κ1) is 22.8. The van der Waals surface area contributed by atoms with Crippen molar-refractivity contribution in [3.05, 3.63) is 65.2 Å². The molecule has 168 valence electrons. The summed E-state index contributed by atoms with van der Waals surface area (Å²) in [7, 11) is 0. The summed E-state index contributed by atoms with van der Waals surface area (Å²) in [5, 5.41) is 11.5. The van der Waals surface area contributed by atoms with E-state index in [-0.39, 0.29) is 18.3 Å². The van der Waals surface area contributed by atoms with E-state index in [9.17, 15) is 14.4 Å². The Kier molecular flexibility index (Phi) is 7.40. The van der Waals surface area contributed by atoms with E-state index in [0.29, 0.717) is 48.6 Å². The summed E-state index contributed by atoms with van der Waals surface area (Å²) >= 11 is 0. The normalized spacial score (nSPS) is 13.8. The lowest BCUT2D eigenvalue weighted by molar-refractivity contribution is -0.113. The summed E-state index contributed by atoms with van der Waals surface area (Å²) < 4.78 is 4.95. The summed E-state index contributed by atoms with van der Waals surface area (Å²) in [5.41, 5.74) is 7.22. The van der Waals surface area contributed by atoms with Crippen LogP contribution < -0.4 is 11.1 Å². The molecular weight excluding hydrogens is 414 g/mol. The van der Waals surface area contributed by atoms with E-state index in [1.165, 1.54) is 11.1 Å². The minimum atomic E-state index is -0.689. The topological polar surface area (TPSA) is 138 Å². The van der Waals surface area contributed by atoms with E-state index in [1.807, 2.05) is 0 Å². The molecule has 10 nitrogen and oxygen atoms in total. The summed E-state index contributed by atoms with van der Waals surface area (Å²) in [6.45, 7) is 3.46. The number of amidine groups is 1. The number of carbonyl (C=O) groups excluding carboxylic acids is 3. The van der Waals surface area contributed by atoms with Crippen LogP contribution in [0.1, 0.15) is 33.2 Å². The Balaban J connectivity index is 1.49. The smallest absolute Gasteiger partial charge is 0.430 e. The van der Waals surface area contributed by atoms with Crippen LogP contribution in [0.25, 0.3) is 0 Å². The van der Waals surface area contributed by atoms with Gasteiger partial charge in [0.2, 0.25) is 0 Å².